The van der Waals surface area contributed by atoms with Crippen molar-refractivity contribution in [2.45, 2.75) is 41.0 Å². The molecule has 0 saturated heterocycles. The molecular formula is C17H28N2O. The molecule has 0 aliphatic carbocycles. The van der Waals surface area contributed by atoms with Gasteiger partial charge in [0.05, 0.1) is 5.56 Å². The van der Waals surface area contributed by atoms with Crippen molar-refractivity contribution >= 4 is 11.6 Å². The largest absolute Gasteiger partial charge is 0.384 e. The highest BCUT2D eigenvalue weighted by molar-refractivity contribution is 5.99. The van der Waals surface area contributed by atoms with Crippen LogP contribution in [0.25, 0.3) is 0 Å². The summed E-state index contributed by atoms with van der Waals surface area (Å²) >= 11 is 0. The van der Waals surface area contributed by atoms with Gasteiger partial charge in [0, 0.05) is 25.3 Å². The van der Waals surface area contributed by atoms with Gasteiger partial charge < -0.3 is 10.2 Å². The van der Waals surface area contributed by atoms with Crippen molar-refractivity contribution in [2.24, 2.45) is 5.92 Å². The molecule has 3 nitrogen and oxygen atoms in total. The number of hydrogen-bond acceptors (Lipinski definition) is 2. The van der Waals surface area contributed by atoms with Crippen LogP contribution in [0.3, 0.4) is 0 Å². The molecule has 0 spiro atoms. The van der Waals surface area contributed by atoms with Gasteiger partial charge in [0.15, 0.2) is 0 Å². The zero-order valence-corrected chi connectivity index (χ0v) is 13.5. The number of hydrogen-bond donors (Lipinski definition) is 1. The van der Waals surface area contributed by atoms with Gasteiger partial charge in [0.2, 0.25) is 0 Å². The summed E-state index contributed by atoms with van der Waals surface area (Å²) < 4.78 is 0. The second kappa shape index (κ2) is 7.93. The highest BCUT2D eigenvalue weighted by atomic mass is 16.2. The fraction of sp³-hybridized carbons (Fsp3) is 0.588. The molecule has 112 valence electrons. The van der Waals surface area contributed by atoms with Crippen LogP contribution in [0.15, 0.2) is 18.2 Å². The molecule has 0 radical (unpaired) electrons. The quantitative estimate of drug-likeness (QED) is 0.818. The van der Waals surface area contributed by atoms with Gasteiger partial charge in [-0.3, -0.25) is 4.79 Å². The molecule has 0 fully saturated rings. The Kier molecular flexibility index (Phi) is 6.56. The number of anilines is 1. The lowest BCUT2D eigenvalue weighted by Gasteiger charge is -2.24. The third-order valence-electron chi connectivity index (χ3n) is 3.23. The third-order valence-corrected chi connectivity index (χ3v) is 3.23. The molecule has 1 amide bonds. The second-order valence-electron chi connectivity index (χ2n) is 5.71. The molecule has 3 heteroatoms. The number of benzene rings is 1. The summed E-state index contributed by atoms with van der Waals surface area (Å²) in [5.74, 6) is 0.610. The minimum Gasteiger partial charge on any atom is -0.384 e. The van der Waals surface area contributed by atoms with E-state index < -0.39 is 0 Å². The molecule has 1 aromatic carbocycles. The minimum absolute atomic E-state index is 0.128. The summed E-state index contributed by atoms with van der Waals surface area (Å²) in [4.78, 5) is 14.7. The molecule has 0 unspecified atom stereocenters. The molecule has 0 aliphatic rings. The lowest BCUT2D eigenvalue weighted by Crippen LogP contribution is -2.34. The van der Waals surface area contributed by atoms with Crippen molar-refractivity contribution < 1.29 is 4.79 Å². The summed E-state index contributed by atoms with van der Waals surface area (Å²) in [5, 5.41) is 3.36. The normalized spacial score (nSPS) is 10.7. The van der Waals surface area contributed by atoms with E-state index in [1.54, 1.807) is 0 Å². The predicted molar refractivity (Wildman–Crippen MR) is 86.4 cm³/mol. The summed E-state index contributed by atoms with van der Waals surface area (Å²) in [6, 6.07) is 6.05. The lowest BCUT2D eigenvalue weighted by molar-refractivity contribution is 0.0746. The Morgan fingerprint density at radius 3 is 2.55 bits per heavy atom. The van der Waals surface area contributed by atoms with E-state index in [-0.39, 0.29) is 5.91 Å². The topological polar surface area (TPSA) is 32.3 Å². The van der Waals surface area contributed by atoms with Gasteiger partial charge in [0.25, 0.3) is 5.91 Å². The summed E-state index contributed by atoms with van der Waals surface area (Å²) in [6.07, 6.45) is 1.05. The molecule has 0 saturated carbocycles. The predicted octanol–water partition coefficient (Wildman–Crippen LogP) is 3.94. The smallest absolute Gasteiger partial charge is 0.255 e. The molecule has 0 aromatic heterocycles. The number of rotatable bonds is 7. The van der Waals surface area contributed by atoms with E-state index in [2.05, 4.69) is 26.1 Å². The fourth-order valence-electron chi connectivity index (χ4n) is 2.22. The van der Waals surface area contributed by atoms with Gasteiger partial charge in [-0.15, -0.1) is 0 Å². The van der Waals surface area contributed by atoms with Crippen molar-refractivity contribution in [3.63, 3.8) is 0 Å². The van der Waals surface area contributed by atoms with Crippen molar-refractivity contribution in [1.29, 1.82) is 0 Å². The zero-order valence-electron chi connectivity index (χ0n) is 13.5. The van der Waals surface area contributed by atoms with Crippen molar-refractivity contribution in [3.05, 3.63) is 29.3 Å². The van der Waals surface area contributed by atoms with Crippen LogP contribution >= 0.6 is 0 Å². The first-order valence-electron chi connectivity index (χ1n) is 7.63. The average molecular weight is 276 g/mol. The van der Waals surface area contributed by atoms with Crippen molar-refractivity contribution in [1.82, 2.24) is 4.90 Å². The molecule has 1 N–H and O–H groups in total. The number of carbonyl (C=O) groups excluding carboxylic acids is 1. The highest BCUT2D eigenvalue weighted by Crippen LogP contribution is 2.20. The standard InChI is InChI=1S/C17H28N2O/c1-6-10-18-16-9-8-14(5)11-15(16)17(20)19(7-2)12-13(3)4/h8-9,11,13,18H,6-7,10,12H2,1-5H3. The maximum atomic E-state index is 12.7. The van der Waals surface area contributed by atoms with Crippen LogP contribution in [0.5, 0.6) is 0 Å². The summed E-state index contributed by atoms with van der Waals surface area (Å²) in [6.45, 7) is 12.9. The van der Waals surface area contributed by atoms with Crippen LogP contribution in [-0.2, 0) is 0 Å². The Balaban J connectivity index is 3.02. The first-order chi connectivity index (χ1) is 9.49. The lowest BCUT2D eigenvalue weighted by atomic mass is 10.1. The Morgan fingerprint density at radius 1 is 1.30 bits per heavy atom. The van der Waals surface area contributed by atoms with E-state index in [1.807, 2.05) is 36.9 Å². The maximum absolute atomic E-state index is 12.7. The Morgan fingerprint density at radius 2 is 2.00 bits per heavy atom. The van der Waals surface area contributed by atoms with E-state index in [4.69, 9.17) is 0 Å². The monoisotopic (exact) mass is 276 g/mol. The van der Waals surface area contributed by atoms with E-state index in [0.29, 0.717) is 5.92 Å². The number of amides is 1. The van der Waals surface area contributed by atoms with Gasteiger partial charge in [-0.05, 0) is 38.3 Å². The van der Waals surface area contributed by atoms with Gasteiger partial charge in [-0.2, -0.15) is 0 Å². The number of aryl methyl sites for hydroxylation is 1. The van der Waals surface area contributed by atoms with Crippen LogP contribution in [0.1, 0.15) is 50.0 Å². The molecule has 1 aromatic rings. The van der Waals surface area contributed by atoms with Crippen LogP contribution in [0, 0.1) is 12.8 Å². The first-order valence-corrected chi connectivity index (χ1v) is 7.63. The average Bonchev–Trinajstić information content (AvgIpc) is 2.42. The highest BCUT2D eigenvalue weighted by Gasteiger charge is 2.18. The van der Waals surface area contributed by atoms with E-state index in [1.165, 1.54) is 0 Å². The van der Waals surface area contributed by atoms with Gasteiger partial charge >= 0.3 is 0 Å². The maximum Gasteiger partial charge on any atom is 0.255 e. The number of nitrogens with one attached hydrogen (secondary N) is 1. The molecule has 0 aliphatic heterocycles. The Hall–Kier alpha value is -1.51. The van der Waals surface area contributed by atoms with Crippen molar-refractivity contribution in [2.75, 3.05) is 25.0 Å². The summed E-state index contributed by atoms with van der Waals surface area (Å²) in [7, 11) is 0. The van der Waals surface area contributed by atoms with Crippen LogP contribution in [0.2, 0.25) is 0 Å². The van der Waals surface area contributed by atoms with Gasteiger partial charge in [-0.25, -0.2) is 0 Å². The molecule has 0 atom stereocenters. The van der Waals surface area contributed by atoms with E-state index in [0.717, 1.165) is 42.9 Å². The SMILES string of the molecule is CCCNc1ccc(C)cc1C(=O)N(CC)CC(C)C. The number of nitrogens with zero attached hydrogens (tertiary/aromatic N) is 1. The molecule has 1 rings (SSSR count). The van der Waals surface area contributed by atoms with E-state index >= 15 is 0 Å². The van der Waals surface area contributed by atoms with Crippen molar-refractivity contribution in [3.8, 4) is 0 Å². The third kappa shape index (κ3) is 4.55. The van der Waals surface area contributed by atoms with Crippen LogP contribution < -0.4 is 5.32 Å². The molecule has 0 bridgehead atoms. The van der Waals surface area contributed by atoms with Crippen LogP contribution in [-0.4, -0.2) is 30.4 Å². The molecule has 20 heavy (non-hydrogen) atoms. The van der Waals surface area contributed by atoms with E-state index in [9.17, 15) is 4.79 Å². The second-order valence-corrected chi connectivity index (χ2v) is 5.71. The number of carbonyl (C=O) groups is 1. The fourth-order valence-corrected chi connectivity index (χ4v) is 2.22. The Bertz CT molecular complexity index is 441. The van der Waals surface area contributed by atoms with Crippen LogP contribution in [0.4, 0.5) is 5.69 Å². The van der Waals surface area contributed by atoms with Gasteiger partial charge in [0.1, 0.15) is 0 Å². The molecular weight excluding hydrogens is 248 g/mol. The zero-order chi connectivity index (χ0) is 15.1. The molecule has 0 heterocycles. The Labute approximate surface area is 123 Å². The summed E-state index contributed by atoms with van der Waals surface area (Å²) in [5.41, 5.74) is 2.86. The van der Waals surface area contributed by atoms with Gasteiger partial charge in [-0.1, -0.05) is 32.4 Å². The minimum atomic E-state index is 0.128. The first kappa shape index (κ1) is 16.5.